The summed E-state index contributed by atoms with van der Waals surface area (Å²) in [6.07, 6.45) is 2.08. The molecule has 0 spiro atoms. The third-order valence-corrected chi connectivity index (χ3v) is 3.58. The minimum atomic E-state index is -0.852. The maximum Gasteiger partial charge on any atom is 0.303 e. The van der Waals surface area contributed by atoms with Crippen LogP contribution in [0, 0.1) is 0 Å². The first-order valence-corrected chi connectivity index (χ1v) is 7.93. The number of carboxylic acids is 1. The van der Waals surface area contributed by atoms with Crippen LogP contribution in [-0.2, 0) is 19.2 Å². The van der Waals surface area contributed by atoms with E-state index in [0.29, 0.717) is 19.3 Å². The van der Waals surface area contributed by atoms with E-state index in [0.717, 1.165) is 5.01 Å². The highest BCUT2D eigenvalue weighted by Gasteiger charge is 2.35. The molecule has 1 aliphatic rings. The Morgan fingerprint density at radius 3 is 2.25 bits per heavy atom. The Labute approximate surface area is 130 Å². The van der Waals surface area contributed by atoms with E-state index < -0.39 is 5.97 Å². The lowest BCUT2D eigenvalue weighted by atomic mass is 10.2. The molecule has 1 N–H and O–H groups in total. The van der Waals surface area contributed by atoms with Crippen molar-refractivity contribution in [1.82, 2.24) is 10.0 Å². The molecule has 0 atom stereocenters. The van der Waals surface area contributed by atoms with Gasteiger partial charge in [0.15, 0.2) is 0 Å². The second-order valence-electron chi connectivity index (χ2n) is 4.45. The van der Waals surface area contributed by atoms with Crippen LogP contribution in [-0.4, -0.2) is 49.8 Å². The van der Waals surface area contributed by atoms with E-state index in [9.17, 15) is 19.2 Å². The Morgan fingerprint density at radius 1 is 1.15 bits per heavy atom. The molecule has 0 aromatic heterocycles. The molecule has 0 bridgehead atoms. The van der Waals surface area contributed by atoms with Gasteiger partial charge in [0.05, 0.1) is 4.43 Å². The van der Waals surface area contributed by atoms with Crippen LogP contribution in [0.5, 0.6) is 0 Å². The van der Waals surface area contributed by atoms with Crippen molar-refractivity contribution in [1.29, 1.82) is 0 Å². The maximum absolute atomic E-state index is 11.8. The Bertz CT molecular complexity index is 397. The molecule has 1 aliphatic heterocycles. The molecule has 0 aromatic rings. The number of hydrogen-bond donors (Lipinski definition) is 1. The Kier molecular flexibility index (Phi) is 6.89. The summed E-state index contributed by atoms with van der Waals surface area (Å²) in [7, 11) is 0. The molecule has 1 fully saturated rings. The van der Waals surface area contributed by atoms with Crippen molar-refractivity contribution in [2.75, 3.05) is 11.0 Å². The molecule has 0 saturated carbocycles. The summed E-state index contributed by atoms with van der Waals surface area (Å²) in [4.78, 5) is 45.5. The molecule has 112 valence electrons. The van der Waals surface area contributed by atoms with Crippen LogP contribution in [0.2, 0.25) is 0 Å². The predicted octanol–water partition coefficient (Wildman–Crippen LogP) is 0.959. The van der Waals surface area contributed by atoms with Crippen molar-refractivity contribution in [2.45, 2.75) is 38.5 Å². The molecule has 1 heterocycles. The fraction of sp³-hybridized carbons (Fsp3) is 0.667. The number of halogens is 1. The van der Waals surface area contributed by atoms with Gasteiger partial charge in [-0.2, -0.15) is 5.01 Å². The van der Waals surface area contributed by atoms with E-state index in [2.05, 4.69) is 0 Å². The molecule has 20 heavy (non-hydrogen) atoms. The lowest BCUT2D eigenvalue weighted by Crippen LogP contribution is -2.50. The smallest absolute Gasteiger partial charge is 0.303 e. The van der Waals surface area contributed by atoms with Crippen molar-refractivity contribution in [3.8, 4) is 0 Å². The first-order valence-electron chi connectivity index (χ1n) is 6.41. The number of nitrogens with zero attached hydrogens (tertiary/aromatic N) is 2. The third-order valence-electron chi connectivity index (χ3n) is 2.93. The second kappa shape index (κ2) is 8.18. The number of carbonyl (C=O) groups excluding carboxylic acids is 3. The maximum atomic E-state index is 11.8. The largest absolute Gasteiger partial charge is 0.481 e. The van der Waals surface area contributed by atoms with Crippen LogP contribution in [0.1, 0.15) is 38.5 Å². The first kappa shape index (κ1) is 16.9. The monoisotopic (exact) mass is 396 g/mol. The van der Waals surface area contributed by atoms with Gasteiger partial charge in [-0.1, -0.05) is 29.0 Å². The van der Waals surface area contributed by atoms with Gasteiger partial charge >= 0.3 is 5.97 Å². The highest BCUT2D eigenvalue weighted by Crippen LogP contribution is 2.17. The minimum Gasteiger partial charge on any atom is -0.481 e. The van der Waals surface area contributed by atoms with E-state index in [1.54, 1.807) is 0 Å². The van der Waals surface area contributed by atoms with Crippen LogP contribution < -0.4 is 0 Å². The fourth-order valence-electron chi connectivity index (χ4n) is 1.95. The van der Waals surface area contributed by atoms with Gasteiger partial charge < -0.3 is 5.11 Å². The zero-order valence-corrected chi connectivity index (χ0v) is 13.2. The van der Waals surface area contributed by atoms with Crippen molar-refractivity contribution < 1.29 is 24.3 Å². The number of alkyl halides is 1. The number of imide groups is 1. The number of carbonyl (C=O) groups is 4. The van der Waals surface area contributed by atoms with E-state index in [-0.39, 0.29) is 48.0 Å². The quantitative estimate of drug-likeness (QED) is 0.286. The summed E-state index contributed by atoms with van der Waals surface area (Å²) in [5.41, 5.74) is 0. The zero-order chi connectivity index (χ0) is 15.1. The molecule has 0 unspecified atom stereocenters. The van der Waals surface area contributed by atoms with Crippen molar-refractivity contribution >= 4 is 46.3 Å². The SMILES string of the molecule is O=C(O)CCCCCN(C(=O)CI)N1C(=O)CCC1=O. The van der Waals surface area contributed by atoms with E-state index in [1.807, 2.05) is 22.6 Å². The summed E-state index contributed by atoms with van der Waals surface area (Å²) < 4.78 is 0.184. The van der Waals surface area contributed by atoms with Gasteiger partial charge in [-0.15, -0.1) is 0 Å². The number of carboxylic acid groups (broad SMARTS) is 1. The van der Waals surface area contributed by atoms with Gasteiger partial charge in [0.2, 0.25) is 11.8 Å². The predicted molar refractivity (Wildman–Crippen MR) is 77.8 cm³/mol. The van der Waals surface area contributed by atoms with Crippen molar-refractivity contribution in [2.24, 2.45) is 0 Å². The van der Waals surface area contributed by atoms with Crippen LogP contribution in [0.25, 0.3) is 0 Å². The molecular formula is C12H17IN2O5. The zero-order valence-electron chi connectivity index (χ0n) is 11.0. The standard InChI is InChI=1S/C12H17IN2O5/c13-8-11(18)14(7-3-1-2-4-12(19)20)15-9(16)5-6-10(15)17/h1-8H2,(H,19,20). The average molecular weight is 396 g/mol. The van der Waals surface area contributed by atoms with Gasteiger partial charge in [0, 0.05) is 25.8 Å². The third kappa shape index (κ3) is 4.73. The van der Waals surface area contributed by atoms with Gasteiger partial charge in [0.1, 0.15) is 0 Å². The summed E-state index contributed by atoms with van der Waals surface area (Å²) in [5.74, 6) is -1.83. The summed E-state index contributed by atoms with van der Waals surface area (Å²) in [5, 5.41) is 10.7. The number of amides is 3. The molecule has 1 saturated heterocycles. The number of rotatable bonds is 8. The molecule has 7 nitrogen and oxygen atoms in total. The Morgan fingerprint density at radius 2 is 1.75 bits per heavy atom. The molecule has 3 amide bonds. The van der Waals surface area contributed by atoms with Crippen LogP contribution >= 0.6 is 22.6 Å². The topological polar surface area (TPSA) is 95.0 Å². The normalized spacial score (nSPS) is 14.8. The number of aliphatic carboxylic acids is 1. The molecule has 0 radical (unpaired) electrons. The Balaban J connectivity index is 2.53. The van der Waals surface area contributed by atoms with Gasteiger partial charge in [-0.3, -0.25) is 19.2 Å². The summed E-state index contributed by atoms with van der Waals surface area (Å²) in [6, 6.07) is 0. The highest BCUT2D eigenvalue weighted by molar-refractivity contribution is 14.1. The van der Waals surface area contributed by atoms with Crippen molar-refractivity contribution in [3.05, 3.63) is 0 Å². The molecule has 0 aliphatic carbocycles. The van der Waals surface area contributed by atoms with Gasteiger partial charge in [0.25, 0.3) is 5.91 Å². The molecular weight excluding hydrogens is 379 g/mol. The second-order valence-corrected chi connectivity index (χ2v) is 5.22. The number of hydrogen-bond acceptors (Lipinski definition) is 4. The first-order chi connectivity index (χ1) is 9.47. The van der Waals surface area contributed by atoms with E-state index >= 15 is 0 Å². The van der Waals surface area contributed by atoms with Crippen LogP contribution in [0.4, 0.5) is 0 Å². The lowest BCUT2D eigenvalue weighted by molar-refractivity contribution is -0.166. The van der Waals surface area contributed by atoms with E-state index in [1.165, 1.54) is 5.01 Å². The van der Waals surface area contributed by atoms with Gasteiger partial charge in [-0.05, 0) is 12.8 Å². The van der Waals surface area contributed by atoms with Gasteiger partial charge in [-0.25, -0.2) is 5.01 Å². The van der Waals surface area contributed by atoms with Crippen molar-refractivity contribution in [3.63, 3.8) is 0 Å². The lowest BCUT2D eigenvalue weighted by Gasteiger charge is -2.29. The summed E-state index contributed by atoms with van der Waals surface area (Å²) in [6.45, 7) is 0.263. The van der Waals surface area contributed by atoms with E-state index in [4.69, 9.17) is 5.11 Å². The molecule has 8 heteroatoms. The fourth-order valence-corrected chi connectivity index (χ4v) is 2.35. The summed E-state index contributed by atoms with van der Waals surface area (Å²) >= 11 is 1.89. The average Bonchev–Trinajstić information content (AvgIpc) is 2.73. The molecule has 1 rings (SSSR count). The minimum absolute atomic E-state index is 0.0851. The van der Waals surface area contributed by atoms with Crippen LogP contribution in [0.15, 0.2) is 0 Å². The highest BCUT2D eigenvalue weighted by atomic mass is 127. The van der Waals surface area contributed by atoms with Crippen LogP contribution in [0.3, 0.4) is 0 Å². The number of hydrazine groups is 1. The molecule has 0 aromatic carbocycles. The number of unbranched alkanes of at least 4 members (excludes halogenated alkanes) is 2. The Hall–Kier alpha value is -1.19.